The van der Waals surface area contributed by atoms with Crippen LogP contribution in [0.3, 0.4) is 0 Å². The van der Waals surface area contributed by atoms with Crippen LogP contribution in [0.2, 0.25) is 5.02 Å². The van der Waals surface area contributed by atoms with Crippen molar-refractivity contribution in [3.8, 4) is 11.3 Å². The predicted octanol–water partition coefficient (Wildman–Crippen LogP) is 2.27. The van der Waals surface area contributed by atoms with Crippen LogP contribution in [0, 0.1) is 0 Å². The van der Waals surface area contributed by atoms with Crippen LogP contribution in [0.4, 0.5) is 0 Å². The summed E-state index contributed by atoms with van der Waals surface area (Å²) in [5, 5.41) is 0.665. The highest BCUT2D eigenvalue weighted by Gasteiger charge is 2.09. The molecule has 1 aromatic carbocycles. The number of hydrogen-bond acceptors (Lipinski definition) is 3. The second-order valence-corrected chi connectivity index (χ2v) is 4.84. The van der Waals surface area contributed by atoms with Gasteiger partial charge in [-0.1, -0.05) is 29.8 Å². The fourth-order valence-corrected chi connectivity index (χ4v) is 2.18. The minimum Gasteiger partial charge on any atom is -0.383 e. The highest BCUT2D eigenvalue weighted by molar-refractivity contribution is 6.30. The van der Waals surface area contributed by atoms with Crippen LogP contribution in [0.25, 0.3) is 11.3 Å². The summed E-state index contributed by atoms with van der Waals surface area (Å²) in [5.41, 5.74) is 7.89. The first-order chi connectivity index (χ1) is 9.67. The molecule has 0 spiro atoms. The molecule has 5 heteroatoms. The van der Waals surface area contributed by atoms with Crippen molar-refractivity contribution < 1.29 is 4.74 Å². The Morgan fingerprint density at radius 3 is 2.50 bits per heavy atom. The summed E-state index contributed by atoms with van der Waals surface area (Å²) in [6.07, 6.45) is 0. The van der Waals surface area contributed by atoms with E-state index in [2.05, 4.69) is 0 Å². The molecular formula is C15H17ClN2O2. The predicted molar refractivity (Wildman–Crippen MR) is 80.9 cm³/mol. The smallest absolute Gasteiger partial charge is 0.255 e. The van der Waals surface area contributed by atoms with E-state index in [0.29, 0.717) is 23.7 Å². The Bertz CT molecular complexity index is 635. The standard InChI is InChI=1S/C15H17ClN2O2/c1-20-9-8-18-14(7-4-12(10-17)15(18)19)11-2-5-13(16)6-3-11/h2-7H,8-10,17H2,1H3. The van der Waals surface area contributed by atoms with Crippen molar-refractivity contribution in [1.82, 2.24) is 4.57 Å². The molecule has 2 aromatic rings. The SMILES string of the molecule is COCCn1c(-c2ccc(Cl)cc2)ccc(CN)c1=O. The van der Waals surface area contributed by atoms with Crippen LogP contribution in [-0.4, -0.2) is 18.3 Å². The fraction of sp³-hybridized carbons (Fsp3) is 0.267. The highest BCUT2D eigenvalue weighted by atomic mass is 35.5. The molecule has 0 amide bonds. The Morgan fingerprint density at radius 2 is 1.90 bits per heavy atom. The molecule has 2 rings (SSSR count). The number of pyridine rings is 1. The number of rotatable bonds is 5. The van der Waals surface area contributed by atoms with E-state index in [0.717, 1.165) is 11.3 Å². The number of hydrogen-bond donors (Lipinski definition) is 1. The van der Waals surface area contributed by atoms with Crippen molar-refractivity contribution in [2.45, 2.75) is 13.1 Å². The molecule has 0 aliphatic rings. The van der Waals surface area contributed by atoms with E-state index in [1.54, 1.807) is 29.9 Å². The third-order valence-corrected chi connectivity index (χ3v) is 3.38. The lowest BCUT2D eigenvalue weighted by molar-refractivity contribution is 0.186. The zero-order valence-electron chi connectivity index (χ0n) is 11.3. The maximum atomic E-state index is 12.4. The minimum absolute atomic E-state index is 0.0722. The topological polar surface area (TPSA) is 57.2 Å². The summed E-state index contributed by atoms with van der Waals surface area (Å²) in [5.74, 6) is 0. The van der Waals surface area contributed by atoms with Gasteiger partial charge in [0.25, 0.3) is 5.56 Å². The van der Waals surface area contributed by atoms with Crippen molar-refractivity contribution in [1.29, 1.82) is 0 Å². The van der Waals surface area contributed by atoms with Gasteiger partial charge in [0.1, 0.15) is 0 Å². The van der Waals surface area contributed by atoms with E-state index in [4.69, 9.17) is 22.1 Å². The zero-order chi connectivity index (χ0) is 14.5. The van der Waals surface area contributed by atoms with Crippen molar-refractivity contribution in [2.24, 2.45) is 5.73 Å². The number of halogens is 1. The van der Waals surface area contributed by atoms with Crippen LogP contribution in [-0.2, 0) is 17.8 Å². The number of benzene rings is 1. The minimum atomic E-state index is -0.0722. The number of nitrogens with two attached hydrogens (primary N) is 1. The van der Waals surface area contributed by atoms with Gasteiger partial charge in [0.2, 0.25) is 0 Å². The molecule has 0 bridgehead atoms. The molecular weight excluding hydrogens is 276 g/mol. The first-order valence-electron chi connectivity index (χ1n) is 6.35. The summed E-state index contributed by atoms with van der Waals surface area (Å²) in [7, 11) is 1.61. The van der Waals surface area contributed by atoms with Crippen LogP contribution in [0.1, 0.15) is 5.56 Å². The quantitative estimate of drug-likeness (QED) is 0.920. The molecule has 20 heavy (non-hydrogen) atoms. The van der Waals surface area contributed by atoms with Crippen LogP contribution in [0.5, 0.6) is 0 Å². The molecule has 0 radical (unpaired) electrons. The van der Waals surface area contributed by atoms with Crippen LogP contribution in [0.15, 0.2) is 41.2 Å². The monoisotopic (exact) mass is 292 g/mol. The number of ether oxygens (including phenoxy) is 1. The Kier molecular flexibility index (Phi) is 4.95. The molecule has 0 aliphatic carbocycles. The molecule has 1 heterocycles. The average Bonchev–Trinajstić information content (AvgIpc) is 2.47. The fourth-order valence-electron chi connectivity index (χ4n) is 2.06. The number of methoxy groups -OCH3 is 1. The molecule has 0 saturated carbocycles. The lowest BCUT2D eigenvalue weighted by Crippen LogP contribution is -2.28. The van der Waals surface area contributed by atoms with Crippen LogP contribution < -0.4 is 11.3 Å². The molecule has 1 aromatic heterocycles. The average molecular weight is 293 g/mol. The van der Waals surface area contributed by atoms with E-state index < -0.39 is 0 Å². The van der Waals surface area contributed by atoms with E-state index >= 15 is 0 Å². The van der Waals surface area contributed by atoms with Crippen molar-refractivity contribution in [2.75, 3.05) is 13.7 Å². The van der Waals surface area contributed by atoms with Crippen molar-refractivity contribution >= 4 is 11.6 Å². The maximum Gasteiger partial charge on any atom is 0.255 e. The van der Waals surface area contributed by atoms with Gasteiger partial charge < -0.3 is 15.0 Å². The van der Waals surface area contributed by atoms with Gasteiger partial charge in [-0.2, -0.15) is 0 Å². The van der Waals surface area contributed by atoms with Gasteiger partial charge in [-0.05, 0) is 23.8 Å². The van der Waals surface area contributed by atoms with Crippen molar-refractivity contribution in [3.63, 3.8) is 0 Å². The molecule has 0 aliphatic heterocycles. The molecule has 0 saturated heterocycles. The summed E-state index contributed by atoms with van der Waals surface area (Å²) >= 11 is 5.90. The van der Waals surface area contributed by atoms with Gasteiger partial charge in [0.15, 0.2) is 0 Å². The van der Waals surface area contributed by atoms with E-state index in [9.17, 15) is 4.79 Å². The molecule has 4 nitrogen and oxygen atoms in total. The van der Waals surface area contributed by atoms with E-state index in [1.807, 2.05) is 18.2 Å². The summed E-state index contributed by atoms with van der Waals surface area (Å²) in [6.45, 7) is 1.18. The van der Waals surface area contributed by atoms with Gasteiger partial charge in [0.05, 0.1) is 12.3 Å². The molecule has 106 valence electrons. The van der Waals surface area contributed by atoms with E-state index in [-0.39, 0.29) is 12.1 Å². The van der Waals surface area contributed by atoms with Gasteiger partial charge in [-0.3, -0.25) is 4.79 Å². The Labute approximate surface area is 122 Å². The van der Waals surface area contributed by atoms with E-state index in [1.165, 1.54) is 0 Å². The maximum absolute atomic E-state index is 12.4. The highest BCUT2D eigenvalue weighted by Crippen LogP contribution is 2.20. The largest absolute Gasteiger partial charge is 0.383 e. The Hall–Kier alpha value is -1.62. The molecule has 2 N–H and O–H groups in total. The third-order valence-electron chi connectivity index (χ3n) is 3.13. The third kappa shape index (κ3) is 3.10. The Morgan fingerprint density at radius 1 is 1.20 bits per heavy atom. The second kappa shape index (κ2) is 6.70. The number of nitrogens with zero attached hydrogens (tertiary/aromatic N) is 1. The normalized spacial score (nSPS) is 10.8. The van der Waals surface area contributed by atoms with Gasteiger partial charge in [-0.25, -0.2) is 0 Å². The lowest BCUT2D eigenvalue weighted by Gasteiger charge is -2.14. The zero-order valence-corrected chi connectivity index (χ0v) is 12.1. The Balaban J connectivity index is 2.54. The van der Waals surface area contributed by atoms with Gasteiger partial charge in [0, 0.05) is 30.8 Å². The molecule has 0 fully saturated rings. The molecule has 0 atom stereocenters. The summed E-state index contributed by atoms with van der Waals surface area (Å²) in [6, 6.07) is 11.1. The first-order valence-corrected chi connectivity index (χ1v) is 6.73. The first kappa shape index (κ1) is 14.8. The molecule has 0 unspecified atom stereocenters. The summed E-state index contributed by atoms with van der Waals surface area (Å²) in [4.78, 5) is 12.4. The van der Waals surface area contributed by atoms with Gasteiger partial charge in [-0.15, -0.1) is 0 Å². The second-order valence-electron chi connectivity index (χ2n) is 4.40. The van der Waals surface area contributed by atoms with Crippen molar-refractivity contribution in [3.05, 3.63) is 57.3 Å². The van der Waals surface area contributed by atoms with Crippen LogP contribution >= 0.6 is 11.6 Å². The summed E-state index contributed by atoms with van der Waals surface area (Å²) < 4.78 is 6.76. The lowest BCUT2D eigenvalue weighted by atomic mass is 10.1. The number of aromatic nitrogens is 1. The van der Waals surface area contributed by atoms with Gasteiger partial charge >= 0.3 is 0 Å².